The van der Waals surface area contributed by atoms with E-state index in [1.54, 1.807) is 12.5 Å². The van der Waals surface area contributed by atoms with Crippen LogP contribution in [0.2, 0.25) is 0 Å². The molecule has 1 heterocycles. The number of aliphatic hydroxyl groups excluding tert-OH is 2. The number of rotatable bonds is 7. The quantitative estimate of drug-likeness (QED) is 0.687. The first-order valence-corrected chi connectivity index (χ1v) is 6.59. The maximum atomic E-state index is 10.7. The molecule has 0 saturated carbocycles. The molecule has 0 aromatic carbocycles. The van der Waals surface area contributed by atoms with Crippen LogP contribution in [0.5, 0.6) is 0 Å². The third kappa shape index (κ3) is 4.73. The van der Waals surface area contributed by atoms with Crippen molar-refractivity contribution in [3.63, 3.8) is 0 Å². The van der Waals surface area contributed by atoms with Crippen molar-refractivity contribution in [2.45, 2.75) is 32.2 Å². The zero-order valence-corrected chi connectivity index (χ0v) is 11.4. The number of hydrogen-bond donors (Lipinski definition) is 3. The predicted octanol–water partition coefficient (Wildman–Crippen LogP) is 0.815. The summed E-state index contributed by atoms with van der Waals surface area (Å²) < 4.78 is 4.99. The van der Waals surface area contributed by atoms with E-state index in [0.717, 1.165) is 4.88 Å². The molecule has 0 fully saturated rings. The van der Waals surface area contributed by atoms with Gasteiger partial charge in [0.25, 0.3) is 0 Å². The molecule has 2 atom stereocenters. The zero-order valence-electron chi connectivity index (χ0n) is 10.5. The van der Waals surface area contributed by atoms with Crippen molar-refractivity contribution in [2.24, 2.45) is 0 Å². The second-order valence-electron chi connectivity index (χ2n) is 4.06. The third-order valence-corrected chi connectivity index (χ3v) is 3.41. The molecule has 0 aliphatic rings. The molecule has 3 N–H and O–H groups in total. The van der Waals surface area contributed by atoms with Crippen LogP contribution in [0.1, 0.15) is 29.9 Å². The molecule has 102 valence electrons. The number of ether oxygens (including phenoxy) is 1. The third-order valence-electron chi connectivity index (χ3n) is 2.48. The Balaban J connectivity index is 2.45. The van der Waals surface area contributed by atoms with Crippen molar-refractivity contribution in [3.8, 4) is 0 Å². The van der Waals surface area contributed by atoms with Gasteiger partial charge in [-0.2, -0.15) is 0 Å². The van der Waals surface area contributed by atoms with Crippen molar-refractivity contribution >= 4 is 17.2 Å². The van der Waals surface area contributed by atoms with E-state index >= 15 is 0 Å². The second-order valence-corrected chi connectivity index (χ2v) is 5.06. The summed E-state index contributed by atoms with van der Waals surface area (Å²) in [5.74, 6) is -0.144. The van der Waals surface area contributed by atoms with Gasteiger partial charge in [0.2, 0.25) is 5.91 Å². The minimum absolute atomic E-state index is 0.144. The lowest BCUT2D eigenvalue weighted by Crippen LogP contribution is -2.27. The van der Waals surface area contributed by atoms with Crippen molar-refractivity contribution in [1.29, 1.82) is 0 Å². The maximum absolute atomic E-state index is 10.7. The lowest BCUT2D eigenvalue weighted by Gasteiger charge is -2.16. The van der Waals surface area contributed by atoms with Gasteiger partial charge in [0.1, 0.15) is 6.10 Å². The van der Waals surface area contributed by atoms with Gasteiger partial charge in [0, 0.05) is 25.5 Å². The molecule has 2 unspecified atom stereocenters. The zero-order chi connectivity index (χ0) is 13.5. The molecule has 1 aromatic heterocycles. The average molecular weight is 273 g/mol. The minimum atomic E-state index is -0.930. The van der Waals surface area contributed by atoms with E-state index in [-0.39, 0.29) is 5.91 Å². The van der Waals surface area contributed by atoms with Crippen LogP contribution in [0, 0.1) is 0 Å². The van der Waals surface area contributed by atoms with Gasteiger partial charge in [-0.1, -0.05) is 0 Å². The van der Waals surface area contributed by atoms with Crippen LogP contribution in [0.25, 0.3) is 0 Å². The van der Waals surface area contributed by atoms with Gasteiger partial charge in [-0.3, -0.25) is 4.79 Å². The highest BCUT2D eigenvalue weighted by Crippen LogP contribution is 2.24. The molecule has 0 aliphatic carbocycles. The monoisotopic (exact) mass is 273 g/mol. The van der Waals surface area contributed by atoms with Crippen molar-refractivity contribution < 1.29 is 19.7 Å². The second kappa shape index (κ2) is 7.48. The lowest BCUT2D eigenvalue weighted by molar-refractivity contribution is -0.119. The van der Waals surface area contributed by atoms with Gasteiger partial charge >= 0.3 is 0 Å². The predicted molar refractivity (Wildman–Crippen MR) is 69.3 cm³/mol. The molecule has 0 radical (unpaired) electrons. The van der Waals surface area contributed by atoms with Gasteiger partial charge in [-0.25, -0.2) is 0 Å². The number of nitrogens with one attached hydrogen (secondary N) is 1. The number of aliphatic hydroxyl groups is 2. The maximum Gasteiger partial charge on any atom is 0.216 e. The van der Waals surface area contributed by atoms with Crippen LogP contribution in [0.15, 0.2) is 11.4 Å². The molecule has 18 heavy (non-hydrogen) atoms. The van der Waals surface area contributed by atoms with E-state index in [4.69, 9.17) is 4.74 Å². The average Bonchev–Trinajstić information content (AvgIpc) is 2.76. The first kappa shape index (κ1) is 15.1. The van der Waals surface area contributed by atoms with E-state index in [1.165, 1.54) is 18.3 Å². The smallest absolute Gasteiger partial charge is 0.216 e. The lowest BCUT2D eigenvalue weighted by atomic mass is 10.0. The highest BCUT2D eigenvalue weighted by molar-refractivity contribution is 7.10. The first-order chi connectivity index (χ1) is 8.54. The molecular weight excluding hydrogens is 254 g/mol. The number of carbonyl (C=O) groups excluding carboxylic acids is 1. The SMILES string of the molecule is COCc1cc(C(O)C(O)CCNC(C)=O)cs1. The van der Waals surface area contributed by atoms with E-state index in [1.807, 2.05) is 6.07 Å². The number of thiophene rings is 1. The summed E-state index contributed by atoms with van der Waals surface area (Å²) in [6.45, 7) is 2.26. The highest BCUT2D eigenvalue weighted by atomic mass is 32.1. The van der Waals surface area contributed by atoms with Gasteiger partial charge in [-0.15, -0.1) is 11.3 Å². The Morgan fingerprint density at radius 3 is 2.89 bits per heavy atom. The molecule has 0 bridgehead atoms. The molecule has 0 spiro atoms. The van der Waals surface area contributed by atoms with Crippen molar-refractivity contribution in [3.05, 3.63) is 21.9 Å². The number of carbonyl (C=O) groups is 1. The van der Waals surface area contributed by atoms with Crippen LogP contribution in [0.4, 0.5) is 0 Å². The van der Waals surface area contributed by atoms with E-state index in [9.17, 15) is 15.0 Å². The summed E-state index contributed by atoms with van der Waals surface area (Å²) in [5.41, 5.74) is 0.683. The Kier molecular flexibility index (Phi) is 6.28. The molecule has 6 heteroatoms. The van der Waals surface area contributed by atoms with Crippen LogP contribution in [-0.4, -0.2) is 35.9 Å². The Morgan fingerprint density at radius 2 is 2.28 bits per heavy atom. The normalized spacial score (nSPS) is 14.2. The summed E-state index contributed by atoms with van der Waals surface area (Å²) in [5, 5.41) is 24.1. The molecule has 1 aromatic rings. The Labute approximate surface area is 110 Å². The van der Waals surface area contributed by atoms with Gasteiger partial charge < -0.3 is 20.3 Å². The molecule has 1 rings (SSSR count). The number of hydrogen-bond acceptors (Lipinski definition) is 5. The Bertz CT molecular complexity index is 380. The number of amides is 1. The summed E-state index contributed by atoms with van der Waals surface area (Å²) in [7, 11) is 1.61. The van der Waals surface area contributed by atoms with Crippen LogP contribution in [-0.2, 0) is 16.1 Å². The number of methoxy groups -OCH3 is 1. The Hall–Kier alpha value is -0.950. The topological polar surface area (TPSA) is 78.8 Å². The van der Waals surface area contributed by atoms with Gasteiger partial charge in [-0.05, 0) is 23.4 Å². The minimum Gasteiger partial charge on any atom is -0.390 e. The largest absolute Gasteiger partial charge is 0.390 e. The van der Waals surface area contributed by atoms with Gasteiger partial charge in [0.15, 0.2) is 0 Å². The highest BCUT2D eigenvalue weighted by Gasteiger charge is 2.19. The molecule has 0 aliphatic heterocycles. The fourth-order valence-corrected chi connectivity index (χ4v) is 2.43. The molecule has 5 nitrogen and oxygen atoms in total. The molecule has 0 saturated heterocycles. The summed E-state index contributed by atoms with van der Waals surface area (Å²) in [6.07, 6.45) is -1.50. The van der Waals surface area contributed by atoms with Gasteiger partial charge in [0.05, 0.1) is 12.7 Å². The molecular formula is C12H19NO4S. The van der Waals surface area contributed by atoms with Crippen LogP contribution < -0.4 is 5.32 Å². The fraction of sp³-hybridized carbons (Fsp3) is 0.583. The first-order valence-electron chi connectivity index (χ1n) is 5.71. The summed E-state index contributed by atoms with van der Waals surface area (Å²) in [4.78, 5) is 11.7. The van der Waals surface area contributed by atoms with E-state index < -0.39 is 12.2 Å². The summed E-state index contributed by atoms with van der Waals surface area (Å²) in [6, 6.07) is 1.82. The molecule has 1 amide bonds. The van der Waals surface area contributed by atoms with Crippen molar-refractivity contribution in [2.75, 3.05) is 13.7 Å². The Morgan fingerprint density at radius 1 is 1.56 bits per heavy atom. The van der Waals surface area contributed by atoms with Crippen LogP contribution >= 0.6 is 11.3 Å². The van der Waals surface area contributed by atoms with Crippen molar-refractivity contribution in [1.82, 2.24) is 5.32 Å². The summed E-state index contributed by atoms with van der Waals surface area (Å²) >= 11 is 1.48. The van der Waals surface area contributed by atoms with E-state index in [0.29, 0.717) is 25.1 Å². The fourth-order valence-electron chi connectivity index (χ4n) is 1.55. The van der Waals surface area contributed by atoms with Crippen LogP contribution in [0.3, 0.4) is 0 Å². The van der Waals surface area contributed by atoms with E-state index in [2.05, 4.69) is 5.32 Å². The standard InChI is InChI=1S/C12H19NO4S/c1-8(14)13-4-3-11(15)12(16)9-5-10(6-17-2)18-7-9/h5,7,11-12,15-16H,3-4,6H2,1-2H3,(H,13,14).